The Morgan fingerprint density at radius 2 is 1.88 bits per heavy atom. The van der Waals surface area contributed by atoms with Gasteiger partial charge in [0, 0.05) is 36.8 Å². The average molecular weight is 525 g/mol. The minimum Gasteiger partial charge on any atom is -0.387 e. The van der Waals surface area contributed by atoms with Gasteiger partial charge in [-0.3, -0.25) is 4.99 Å². The number of aliphatic hydroxyl groups excluding tert-OH is 1. The summed E-state index contributed by atoms with van der Waals surface area (Å²) in [5, 5.41) is 11.1. The molecule has 0 bridgehead atoms. The van der Waals surface area contributed by atoms with Crippen molar-refractivity contribution in [1.29, 1.82) is 0 Å². The highest BCUT2D eigenvalue weighted by Crippen LogP contribution is 2.26. The Balaban J connectivity index is 0.00000181. The van der Waals surface area contributed by atoms with Crippen LogP contribution in [0.5, 0.6) is 0 Å². The van der Waals surface area contributed by atoms with Gasteiger partial charge in [-0.25, -0.2) is 8.78 Å². The number of benzene rings is 2. The van der Waals surface area contributed by atoms with Crippen molar-refractivity contribution in [2.45, 2.75) is 25.5 Å². The van der Waals surface area contributed by atoms with E-state index in [9.17, 15) is 13.9 Å². The van der Waals surface area contributed by atoms with Crippen molar-refractivity contribution in [3.05, 3.63) is 63.4 Å². The number of β-amino-alcohol motifs (C(OH)–C–C–N with tert-alkyl or cyclic N) is 1. The Hall–Kier alpha value is -1.22. The maximum Gasteiger partial charge on any atom is 0.185 e. The third-order valence-corrected chi connectivity index (χ3v) is 7.10. The molecule has 2 heterocycles. The van der Waals surface area contributed by atoms with Gasteiger partial charge in [0.15, 0.2) is 4.80 Å². The number of fused-ring (bicyclic) bond motifs is 1. The second-order valence-electron chi connectivity index (χ2n) is 7.76. The molecule has 1 atom stereocenters. The topological polar surface area (TPSA) is 40.8 Å². The number of aliphatic hydroxyl groups is 1. The van der Waals surface area contributed by atoms with E-state index in [2.05, 4.69) is 14.5 Å². The highest BCUT2D eigenvalue weighted by molar-refractivity contribution is 7.16. The van der Waals surface area contributed by atoms with Gasteiger partial charge in [-0.05, 0) is 56.1 Å². The van der Waals surface area contributed by atoms with E-state index < -0.39 is 17.7 Å². The minimum absolute atomic E-state index is 0. The quantitative estimate of drug-likeness (QED) is 0.482. The molecule has 1 N–H and O–H groups in total. The molecule has 1 aliphatic rings. The SMILES string of the molecule is CN=c1sc2cc(Cl)ccc2n1CC1CCN(C[C@@H](O)c2ccc(F)cc2F)CC1.Cl.Cl. The number of rotatable bonds is 5. The van der Waals surface area contributed by atoms with Crippen LogP contribution in [-0.2, 0) is 6.54 Å². The van der Waals surface area contributed by atoms with Crippen LogP contribution in [0.2, 0.25) is 5.02 Å². The van der Waals surface area contributed by atoms with Crippen LogP contribution in [0.25, 0.3) is 10.2 Å². The van der Waals surface area contributed by atoms with Crippen LogP contribution in [0.15, 0.2) is 41.4 Å². The van der Waals surface area contributed by atoms with E-state index >= 15 is 0 Å². The van der Waals surface area contributed by atoms with Crippen LogP contribution in [0, 0.1) is 17.6 Å². The minimum atomic E-state index is -0.965. The first kappa shape index (κ1) is 27.0. The standard InChI is InChI=1S/C22H24ClF2N3OS.2ClH/c1-26-22-28(19-5-2-15(23)10-21(19)30-22)12-14-6-8-27(9-7-14)13-20(29)17-4-3-16(24)11-18(17)25;;/h2-5,10-11,14,20,29H,6-9,12-13H2,1H3;2*1H/t20-;;/m1../s1. The van der Waals surface area contributed by atoms with Gasteiger partial charge >= 0.3 is 0 Å². The second-order valence-corrected chi connectivity index (χ2v) is 9.20. The van der Waals surface area contributed by atoms with Crippen molar-refractivity contribution in [2.24, 2.45) is 10.9 Å². The van der Waals surface area contributed by atoms with Gasteiger partial charge in [0.25, 0.3) is 0 Å². The first-order chi connectivity index (χ1) is 14.4. The van der Waals surface area contributed by atoms with Crippen LogP contribution >= 0.6 is 47.8 Å². The molecule has 0 saturated carbocycles. The number of likely N-dealkylation sites (tertiary alicyclic amines) is 1. The molecule has 0 radical (unpaired) electrons. The Morgan fingerprint density at radius 3 is 2.53 bits per heavy atom. The van der Waals surface area contributed by atoms with Gasteiger partial charge in [0.1, 0.15) is 11.6 Å². The van der Waals surface area contributed by atoms with Crippen molar-refractivity contribution in [3.8, 4) is 0 Å². The van der Waals surface area contributed by atoms with E-state index in [0.29, 0.717) is 12.5 Å². The maximum atomic E-state index is 13.9. The van der Waals surface area contributed by atoms with Crippen LogP contribution in [0.3, 0.4) is 0 Å². The van der Waals surface area contributed by atoms with Gasteiger partial charge in [0.2, 0.25) is 0 Å². The summed E-state index contributed by atoms with van der Waals surface area (Å²) in [6, 6.07) is 9.25. The first-order valence-corrected chi connectivity index (χ1v) is 11.2. The van der Waals surface area contributed by atoms with Crippen LogP contribution in [-0.4, -0.2) is 41.3 Å². The van der Waals surface area contributed by atoms with E-state index in [1.807, 2.05) is 18.2 Å². The van der Waals surface area contributed by atoms with Gasteiger partial charge < -0.3 is 14.6 Å². The van der Waals surface area contributed by atoms with Gasteiger partial charge in [0.05, 0.1) is 16.3 Å². The van der Waals surface area contributed by atoms with Crippen LogP contribution < -0.4 is 4.80 Å². The zero-order chi connectivity index (χ0) is 21.3. The van der Waals surface area contributed by atoms with E-state index in [4.69, 9.17) is 11.6 Å². The molecule has 4 nitrogen and oxygen atoms in total. The summed E-state index contributed by atoms with van der Waals surface area (Å²) in [7, 11) is 1.81. The highest BCUT2D eigenvalue weighted by atomic mass is 35.5. The molecule has 0 spiro atoms. The van der Waals surface area contributed by atoms with E-state index in [1.54, 1.807) is 18.4 Å². The number of halogens is 5. The van der Waals surface area contributed by atoms with E-state index in [1.165, 1.54) is 12.1 Å². The summed E-state index contributed by atoms with van der Waals surface area (Å²) in [5.41, 5.74) is 1.29. The molecule has 1 saturated heterocycles. The maximum absolute atomic E-state index is 13.9. The normalized spacial score (nSPS) is 16.6. The van der Waals surface area contributed by atoms with Crippen molar-refractivity contribution in [3.63, 3.8) is 0 Å². The first-order valence-electron chi connectivity index (χ1n) is 10.0. The molecule has 32 heavy (non-hydrogen) atoms. The van der Waals surface area contributed by atoms with Gasteiger partial charge in [-0.1, -0.05) is 29.0 Å². The number of hydrogen-bond acceptors (Lipinski definition) is 4. The number of thiazole rings is 1. The monoisotopic (exact) mass is 523 g/mol. The number of piperidine rings is 1. The third kappa shape index (κ3) is 6.01. The van der Waals surface area contributed by atoms with E-state index in [0.717, 1.165) is 58.6 Å². The molecule has 3 aromatic rings. The molecule has 0 amide bonds. The summed E-state index contributed by atoms with van der Waals surface area (Å²) in [6.45, 7) is 2.89. The summed E-state index contributed by atoms with van der Waals surface area (Å²) in [6.07, 6.45) is 1.01. The molecule has 0 aliphatic carbocycles. The fourth-order valence-electron chi connectivity index (χ4n) is 4.12. The highest BCUT2D eigenvalue weighted by Gasteiger charge is 2.24. The fourth-order valence-corrected chi connectivity index (χ4v) is 5.39. The molecule has 1 aromatic heterocycles. The fraction of sp³-hybridized carbons (Fsp3) is 0.409. The number of hydrogen-bond donors (Lipinski definition) is 1. The molecule has 4 rings (SSSR count). The predicted molar refractivity (Wildman–Crippen MR) is 131 cm³/mol. The Morgan fingerprint density at radius 1 is 1.16 bits per heavy atom. The zero-order valence-corrected chi connectivity index (χ0v) is 20.7. The lowest BCUT2D eigenvalue weighted by Crippen LogP contribution is -2.38. The van der Waals surface area contributed by atoms with Crippen molar-refractivity contribution in [1.82, 2.24) is 9.47 Å². The third-order valence-electron chi connectivity index (χ3n) is 5.74. The molecule has 2 aromatic carbocycles. The van der Waals surface area contributed by atoms with Crippen molar-refractivity contribution < 1.29 is 13.9 Å². The molecule has 0 unspecified atom stereocenters. The molecular formula is C22H26Cl3F2N3OS. The summed E-state index contributed by atoms with van der Waals surface area (Å²) < 4.78 is 30.4. The van der Waals surface area contributed by atoms with Crippen molar-refractivity contribution in [2.75, 3.05) is 26.7 Å². The molecular weight excluding hydrogens is 499 g/mol. The smallest absolute Gasteiger partial charge is 0.185 e. The van der Waals surface area contributed by atoms with Crippen LogP contribution in [0.1, 0.15) is 24.5 Å². The molecule has 10 heteroatoms. The Bertz CT molecular complexity index is 1110. The van der Waals surface area contributed by atoms with Crippen LogP contribution in [0.4, 0.5) is 8.78 Å². The number of aromatic nitrogens is 1. The molecule has 1 aliphatic heterocycles. The van der Waals surface area contributed by atoms with Gasteiger partial charge in [-0.2, -0.15) is 0 Å². The summed E-state index contributed by atoms with van der Waals surface area (Å²) in [5.74, 6) is -0.836. The predicted octanol–water partition coefficient (Wildman–Crippen LogP) is 5.45. The molecule has 1 fully saturated rings. The Labute approximate surface area is 207 Å². The lowest BCUT2D eigenvalue weighted by Gasteiger charge is -2.33. The average Bonchev–Trinajstić information content (AvgIpc) is 3.05. The van der Waals surface area contributed by atoms with E-state index in [-0.39, 0.29) is 30.4 Å². The van der Waals surface area contributed by atoms with Gasteiger partial charge in [-0.15, -0.1) is 24.8 Å². The largest absolute Gasteiger partial charge is 0.387 e. The number of nitrogens with zero attached hydrogens (tertiary/aromatic N) is 3. The van der Waals surface area contributed by atoms with Crippen molar-refractivity contribution >= 4 is 58.0 Å². The molecule has 176 valence electrons. The lowest BCUT2D eigenvalue weighted by atomic mass is 9.96. The summed E-state index contributed by atoms with van der Waals surface area (Å²) in [4.78, 5) is 7.57. The lowest BCUT2D eigenvalue weighted by molar-refractivity contribution is 0.0845. The Kier molecular flexibility index (Phi) is 9.94. The summed E-state index contributed by atoms with van der Waals surface area (Å²) >= 11 is 7.78. The zero-order valence-electron chi connectivity index (χ0n) is 17.5. The second kappa shape index (κ2) is 11.8.